The van der Waals surface area contributed by atoms with Crippen LogP contribution in [0.5, 0.6) is 0 Å². The SMILES string of the molecule is CC(C)N(CC(=O)O)C(=O)c1c(F)cccc1F. The lowest BCUT2D eigenvalue weighted by Gasteiger charge is -2.25. The Balaban J connectivity index is 3.14. The molecule has 1 aromatic carbocycles. The highest BCUT2D eigenvalue weighted by Crippen LogP contribution is 2.16. The molecule has 0 saturated carbocycles. The molecule has 1 amide bonds. The van der Waals surface area contributed by atoms with Crippen molar-refractivity contribution < 1.29 is 23.5 Å². The van der Waals surface area contributed by atoms with Gasteiger partial charge in [-0.2, -0.15) is 0 Å². The molecular formula is C12H13F2NO3. The van der Waals surface area contributed by atoms with Gasteiger partial charge in [-0.25, -0.2) is 8.78 Å². The second-order valence-corrected chi connectivity index (χ2v) is 4.02. The number of carbonyl (C=O) groups is 2. The van der Waals surface area contributed by atoms with Gasteiger partial charge in [0.15, 0.2) is 0 Å². The average Bonchev–Trinajstić information content (AvgIpc) is 2.24. The first-order valence-electron chi connectivity index (χ1n) is 5.31. The van der Waals surface area contributed by atoms with E-state index in [2.05, 4.69) is 0 Å². The maximum absolute atomic E-state index is 13.4. The largest absolute Gasteiger partial charge is 0.480 e. The molecule has 6 heteroatoms. The second-order valence-electron chi connectivity index (χ2n) is 4.02. The van der Waals surface area contributed by atoms with Crippen molar-refractivity contribution >= 4 is 11.9 Å². The molecule has 0 aromatic heterocycles. The zero-order chi connectivity index (χ0) is 13.9. The van der Waals surface area contributed by atoms with E-state index < -0.39 is 41.7 Å². The standard InChI is InChI=1S/C12H13F2NO3/c1-7(2)15(6-10(16)17)12(18)11-8(13)4-3-5-9(11)14/h3-5,7H,6H2,1-2H3,(H,16,17). The predicted octanol–water partition coefficient (Wildman–Crippen LogP) is 1.90. The summed E-state index contributed by atoms with van der Waals surface area (Å²) < 4.78 is 26.9. The molecule has 1 rings (SSSR count). The highest BCUT2D eigenvalue weighted by molar-refractivity contribution is 5.96. The van der Waals surface area contributed by atoms with Crippen molar-refractivity contribution in [1.29, 1.82) is 0 Å². The lowest BCUT2D eigenvalue weighted by Crippen LogP contribution is -2.41. The molecule has 18 heavy (non-hydrogen) atoms. The Bertz CT molecular complexity index is 454. The predicted molar refractivity (Wildman–Crippen MR) is 60.2 cm³/mol. The lowest BCUT2D eigenvalue weighted by molar-refractivity contribution is -0.138. The maximum Gasteiger partial charge on any atom is 0.323 e. The van der Waals surface area contributed by atoms with E-state index in [1.807, 2.05) is 0 Å². The smallest absolute Gasteiger partial charge is 0.323 e. The summed E-state index contributed by atoms with van der Waals surface area (Å²) in [5.41, 5.74) is -0.729. The number of hydrogen-bond donors (Lipinski definition) is 1. The zero-order valence-corrected chi connectivity index (χ0v) is 9.98. The molecule has 0 saturated heterocycles. The van der Waals surface area contributed by atoms with Gasteiger partial charge in [0.2, 0.25) is 0 Å². The average molecular weight is 257 g/mol. The lowest BCUT2D eigenvalue weighted by atomic mass is 10.1. The third-order valence-electron chi connectivity index (χ3n) is 2.37. The highest BCUT2D eigenvalue weighted by atomic mass is 19.1. The number of carbonyl (C=O) groups excluding carboxylic acids is 1. The van der Waals surface area contributed by atoms with Gasteiger partial charge in [0, 0.05) is 6.04 Å². The number of rotatable bonds is 4. The molecule has 0 spiro atoms. The summed E-state index contributed by atoms with van der Waals surface area (Å²) in [7, 11) is 0. The number of aliphatic carboxylic acids is 1. The van der Waals surface area contributed by atoms with Gasteiger partial charge < -0.3 is 10.0 Å². The molecule has 0 aliphatic heterocycles. The van der Waals surface area contributed by atoms with Gasteiger partial charge in [0.1, 0.15) is 23.7 Å². The van der Waals surface area contributed by atoms with E-state index in [-0.39, 0.29) is 0 Å². The first-order valence-corrected chi connectivity index (χ1v) is 5.31. The van der Waals surface area contributed by atoms with Crippen molar-refractivity contribution in [3.05, 3.63) is 35.4 Å². The van der Waals surface area contributed by atoms with Gasteiger partial charge in [0.05, 0.1) is 0 Å². The summed E-state index contributed by atoms with van der Waals surface area (Å²) in [4.78, 5) is 23.5. The van der Waals surface area contributed by atoms with E-state index in [4.69, 9.17) is 5.11 Å². The number of amides is 1. The van der Waals surface area contributed by atoms with E-state index in [1.165, 1.54) is 0 Å². The van der Waals surface area contributed by atoms with Crippen molar-refractivity contribution in [2.45, 2.75) is 19.9 Å². The molecule has 98 valence electrons. The summed E-state index contributed by atoms with van der Waals surface area (Å²) in [6.45, 7) is 2.53. The molecule has 0 unspecified atom stereocenters. The Morgan fingerprint density at radius 2 is 1.78 bits per heavy atom. The van der Waals surface area contributed by atoms with Crippen LogP contribution in [-0.2, 0) is 4.79 Å². The number of hydrogen-bond acceptors (Lipinski definition) is 2. The second kappa shape index (κ2) is 5.57. The highest BCUT2D eigenvalue weighted by Gasteiger charge is 2.26. The Morgan fingerprint density at radius 1 is 1.28 bits per heavy atom. The minimum atomic E-state index is -1.24. The summed E-state index contributed by atoms with van der Waals surface area (Å²) >= 11 is 0. The van der Waals surface area contributed by atoms with Crippen LogP contribution in [-0.4, -0.2) is 34.5 Å². The van der Waals surface area contributed by atoms with E-state index in [0.29, 0.717) is 0 Å². The Hall–Kier alpha value is -1.98. The van der Waals surface area contributed by atoms with Crippen LogP contribution < -0.4 is 0 Å². The van der Waals surface area contributed by atoms with Gasteiger partial charge in [-0.05, 0) is 26.0 Å². The van der Waals surface area contributed by atoms with E-state index in [1.54, 1.807) is 13.8 Å². The van der Waals surface area contributed by atoms with Crippen LogP contribution in [0.4, 0.5) is 8.78 Å². The molecule has 0 aliphatic rings. The molecule has 0 atom stereocenters. The van der Waals surface area contributed by atoms with Gasteiger partial charge in [-0.3, -0.25) is 9.59 Å². The third-order valence-corrected chi connectivity index (χ3v) is 2.37. The first kappa shape index (κ1) is 14.1. The Morgan fingerprint density at radius 3 is 2.17 bits per heavy atom. The minimum absolute atomic E-state index is 0.479. The summed E-state index contributed by atoms with van der Waals surface area (Å²) in [5, 5.41) is 8.69. The van der Waals surface area contributed by atoms with Crippen LogP contribution in [0.3, 0.4) is 0 Å². The minimum Gasteiger partial charge on any atom is -0.480 e. The Labute approximate surface area is 103 Å². The fourth-order valence-electron chi connectivity index (χ4n) is 1.48. The van der Waals surface area contributed by atoms with E-state index >= 15 is 0 Å². The summed E-state index contributed by atoms with van der Waals surface area (Å²) in [5.74, 6) is -4.22. The van der Waals surface area contributed by atoms with Crippen molar-refractivity contribution in [3.8, 4) is 0 Å². The molecule has 0 radical (unpaired) electrons. The van der Waals surface area contributed by atoms with Crippen molar-refractivity contribution in [2.24, 2.45) is 0 Å². The fraction of sp³-hybridized carbons (Fsp3) is 0.333. The van der Waals surface area contributed by atoms with Crippen LogP contribution in [0.25, 0.3) is 0 Å². The van der Waals surface area contributed by atoms with Gasteiger partial charge in [-0.1, -0.05) is 6.07 Å². The quantitative estimate of drug-likeness (QED) is 0.896. The van der Waals surface area contributed by atoms with Crippen LogP contribution >= 0.6 is 0 Å². The van der Waals surface area contributed by atoms with Crippen molar-refractivity contribution in [1.82, 2.24) is 4.90 Å². The van der Waals surface area contributed by atoms with E-state index in [9.17, 15) is 18.4 Å². The fourth-order valence-corrected chi connectivity index (χ4v) is 1.48. The van der Waals surface area contributed by atoms with Gasteiger partial charge in [-0.15, -0.1) is 0 Å². The summed E-state index contributed by atoms with van der Waals surface area (Å²) in [6, 6.07) is 2.57. The van der Waals surface area contributed by atoms with Crippen LogP contribution in [0.15, 0.2) is 18.2 Å². The molecule has 4 nitrogen and oxygen atoms in total. The molecule has 0 heterocycles. The molecular weight excluding hydrogens is 244 g/mol. The van der Waals surface area contributed by atoms with Gasteiger partial charge in [0.25, 0.3) is 5.91 Å². The van der Waals surface area contributed by atoms with Crippen LogP contribution in [0.2, 0.25) is 0 Å². The van der Waals surface area contributed by atoms with Gasteiger partial charge >= 0.3 is 5.97 Å². The Kier molecular flexibility index (Phi) is 4.36. The van der Waals surface area contributed by atoms with Crippen LogP contribution in [0, 0.1) is 11.6 Å². The monoisotopic (exact) mass is 257 g/mol. The number of benzene rings is 1. The maximum atomic E-state index is 13.4. The molecule has 0 bridgehead atoms. The molecule has 0 aliphatic carbocycles. The number of carboxylic acid groups (broad SMARTS) is 1. The number of nitrogens with zero attached hydrogens (tertiary/aromatic N) is 1. The molecule has 1 N–H and O–H groups in total. The van der Waals surface area contributed by atoms with E-state index in [0.717, 1.165) is 23.1 Å². The normalized spacial score (nSPS) is 10.5. The first-order chi connectivity index (χ1) is 8.34. The van der Waals surface area contributed by atoms with Crippen molar-refractivity contribution in [2.75, 3.05) is 6.54 Å². The molecule has 1 aromatic rings. The number of halogens is 2. The number of carboxylic acids is 1. The third kappa shape index (κ3) is 3.03. The van der Waals surface area contributed by atoms with Crippen LogP contribution in [0.1, 0.15) is 24.2 Å². The zero-order valence-electron chi connectivity index (χ0n) is 9.98. The molecule has 0 fully saturated rings. The van der Waals surface area contributed by atoms with Crippen molar-refractivity contribution in [3.63, 3.8) is 0 Å². The summed E-state index contributed by atoms with van der Waals surface area (Å²) in [6.07, 6.45) is 0. The topological polar surface area (TPSA) is 57.6 Å².